The number of nitrogens with zero attached hydrogens (tertiary/aromatic N) is 1. The van der Waals surface area contributed by atoms with Gasteiger partial charge in [-0.05, 0) is 18.4 Å². The number of rotatable bonds is 4. The first-order valence-electron chi connectivity index (χ1n) is 6.65. The van der Waals surface area contributed by atoms with Gasteiger partial charge in [-0.3, -0.25) is 19.9 Å². The van der Waals surface area contributed by atoms with Crippen molar-refractivity contribution < 1.29 is 9.32 Å². The van der Waals surface area contributed by atoms with E-state index in [4.69, 9.17) is 4.52 Å². The first-order chi connectivity index (χ1) is 11.0. The molecule has 23 heavy (non-hydrogen) atoms. The summed E-state index contributed by atoms with van der Waals surface area (Å²) in [6.45, 7) is 1.56. The van der Waals surface area contributed by atoms with Crippen LogP contribution in [0.4, 0.5) is 5.88 Å². The lowest BCUT2D eigenvalue weighted by atomic mass is 10.1. The van der Waals surface area contributed by atoms with E-state index in [1.165, 1.54) is 11.3 Å². The second kappa shape index (κ2) is 6.05. The number of carbonyl (C=O) groups is 1. The van der Waals surface area contributed by atoms with Gasteiger partial charge >= 0.3 is 5.69 Å². The van der Waals surface area contributed by atoms with Gasteiger partial charge in [0, 0.05) is 17.3 Å². The van der Waals surface area contributed by atoms with E-state index in [1.54, 1.807) is 13.0 Å². The lowest BCUT2D eigenvalue weighted by molar-refractivity contribution is -0.115. The van der Waals surface area contributed by atoms with Crippen LogP contribution in [0.5, 0.6) is 0 Å². The molecule has 3 heterocycles. The van der Waals surface area contributed by atoms with Gasteiger partial charge in [-0.2, -0.15) is 0 Å². The van der Waals surface area contributed by atoms with Crippen molar-refractivity contribution in [3.05, 3.63) is 55.7 Å². The molecule has 9 heteroatoms. The third-order valence-electron chi connectivity index (χ3n) is 3.14. The Morgan fingerprint density at radius 1 is 1.39 bits per heavy atom. The van der Waals surface area contributed by atoms with Crippen molar-refractivity contribution in [2.75, 3.05) is 5.32 Å². The molecule has 0 bridgehead atoms. The van der Waals surface area contributed by atoms with E-state index in [0.717, 1.165) is 4.88 Å². The summed E-state index contributed by atoms with van der Waals surface area (Å²) in [6, 6.07) is 5.38. The minimum Gasteiger partial charge on any atom is -0.338 e. The van der Waals surface area contributed by atoms with E-state index < -0.39 is 17.2 Å². The van der Waals surface area contributed by atoms with Crippen molar-refractivity contribution in [2.45, 2.75) is 13.3 Å². The highest BCUT2D eigenvalue weighted by Crippen LogP contribution is 2.25. The number of hydrogen-bond acceptors (Lipinski definition) is 6. The van der Waals surface area contributed by atoms with Crippen LogP contribution in [-0.4, -0.2) is 21.0 Å². The predicted octanol–water partition coefficient (Wildman–Crippen LogP) is 1.27. The fourth-order valence-corrected chi connectivity index (χ4v) is 2.73. The van der Waals surface area contributed by atoms with Gasteiger partial charge in [0.2, 0.25) is 11.8 Å². The molecular weight excluding hydrogens is 320 g/mol. The average Bonchev–Trinajstić information content (AvgIpc) is 3.13. The highest BCUT2D eigenvalue weighted by Gasteiger charge is 2.14. The second-order valence-corrected chi connectivity index (χ2v) is 5.74. The Bertz CT molecular complexity index is 952. The summed E-state index contributed by atoms with van der Waals surface area (Å²) in [5, 5.41) is 8.31. The maximum Gasteiger partial charge on any atom is 0.325 e. The molecule has 3 aromatic heterocycles. The molecule has 0 aliphatic carbocycles. The van der Waals surface area contributed by atoms with Crippen LogP contribution in [0.25, 0.3) is 10.6 Å². The number of nitrogens with one attached hydrogen (secondary N) is 3. The number of hydrogen-bond donors (Lipinski definition) is 3. The van der Waals surface area contributed by atoms with E-state index in [-0.39, 0.29) is 17.9 Å². The van der Waals surface area contributed by atoms with E-state index in [9.17, 15) is 14.4 Å². The van der Waals surface area contributed by atoms with Gasteiger partial charge in [0.15, 0.2) is 0 Å². The molecular formula is C14H12N4O4S. The summed E-state index contributed by atoms with van der Waals surface area (Å²) in [4.78, 5) is 40.3. The van der Waals surface area contributed by atoms with Gasteiger partial charge in [-0.25, -0.2) is 4.79 Å². The van der Waals surface area contributed by atoms with Crippen molar-refractivity contribution in [1.82, 2.24) is 15.1 Å². The Labute approximate surface area is 133 Å². The summed E-state index contributed by atoms with van der Waals surface area (Å²) in [6.07, 6.45) is -0.188. The fourth-order valence-electron chi connectivity index (χ4n) is 2.06. The monoisotopic (exact) mass is 332 g/mol. The molecule has 0 radical (unpaired) electrons. The minimum atomic E-state index is -0.604. The number of amides is 1. The first kappa shape index (κ1) is 15.0. The van der Waals surface area contributed by atoms with Gasteiger partial charge in [0.1, 0.15) is 5.69 Å². The molecule has 0 unspecified atom stereocenters. The Hall–Kier alpha value is -2.94. The van der Waals surface area contributed by atoms with Crippen LogP contribution in [0.15, 0.2) is 37.7 Å². The molecule has 0 fully saturated rings. The maximum atomic E-state index is 12.0. The van der Waals surface area contributed by atoms with E-state index in [1.807, 2.05) is 17.5 Å². The fraction of sp³-hybridized carbons (Fsp3) is 0.143. The highest BCUT2D eigenvalue weighted by atomic mass is 32.1. The summed E-state index contributed by atoms with van der Waals surface area (Å²) in [5.41, 5.74) is -0.0232. The molecule has 0 aromatic carbocycles. The molecule has 1 amide bonds. The summed E-state index contributed by atoms with van der Waals surface area (Å²) in [7, 11) is 0. The molecule has 0 spiro atoms. The van der Waals surface area contributed by atoms with E-state index in [0.29, 0.717) is 11.4 Å². The smallest absolute Gasteiger partial charge is 0.325 e. The molecule has 8 nitrogen and oxygen atoms in total. The SMILES string of the molecule is Cc1[nH]c(=O)[nH]c(=O)c1CC(=O)Nc1cc(-c2cccs2)no1. The molecule has 0 atom stereocenters. The van der Waals surface area contributed by atoms with Gasteiger partial charge in [-0.15, -0.1) is 11.3 Å². The summed E-state index contributed by atoms with van der Waals surface area (Å²) in [5.74, 6) is -0.253. The topological polar surface area (TPSA) is 121 Å². The van der Waals surface area contributed by atoms with Crippen LogP contribution in [0.3, 0.4) is 0 Å². The Kier molecular flexibility index (Phi) is 3.94. The summed E-state index contributed by atoms with van der Waals surface area (Å²) >= 11 is 1.50. The second-order valence-electron chi connectivity index (χ2n) is 4.79. The van der Waals surface area contributed by atoms with Gasteiger partial charge < -0.3 is 9.51 Å². The van der Waals surface area contributed by atoms with Crippen LogP contribution in [-0.2, 0) is 11.2 Å². The molecule has 118 valence electrons. The minimum absolute atomic E-state index is 0.188. The standard InChI is InChI=1S/C14H12N4O4S/c1-7-8(13(20)17-14(21)15-7)5-11(19)16-12-6-9(18-22-12)10-3-2-4-23-10/h2-4,6H,5H2,1H3,(H,16,19)(H2,15,17,20,21). The zero-order valence-electron chi connectivity index (χ0n) is 12.0. The van der Waals surface area contributed by atoms with E-state index >= 15 is 0 Å². The molecule has 3 rings (SSSR count). The molecule has 0 saturated heterocycles. The molecule has 0 aliphatic heterocycles. The number of aromatic nitrogens is 3. The van der Waals surface area contributed by atoms with Crippen LogP contribution >= 0.6 is 11.3 Å². The molecule has 3 aromatic rings. The van der Waals surface area contributed by atoms with Crippen molar-refractivity contribution in [3.8, 4) is 10.6 Å². The average molecular weight is 332 g/mol. The van der Waals surface area contributed by atoms with Crippen molar-refractivity contribution in [2.24, 2.45) is 0 Å². The largest absolute Gasteiger partial charge is 0.338 e. The lowest BCUT2D eigenvalue weighted by Gasteiger charge is -2.03. The number of thiophene rings is 1. The number of aryl methyl sites for hydroxylation is 1. The number of aromatic amines is 2. The van der Waals surface area contributed by atoms with Crippen LogP contribution in [0.1, 0.15) is 11.3 Å². The van der Waals surface area contributed by atoms with Gasteiger partial charge in [0.25, 0.3) is 5.56 Å². The highest BCUT2D eigenvalue weighted by molar-refractivity contribution is 7.13. The lowest BCUT2D eigenvalue weighted by Crippen LogP contribution is -2.29. The first-order valence-corrected chi connectivity index (χ1v) is 7.53. The Morgan fingerprint density at radius 2 is 2.22 bits per heavy atom. The normalized spacial score (nSPS) is 10.7. The number of carbonyl (C=O) groups excluding carboxylic acids is 1. The zero-order valence-corrected chi connectivity index (χ0v) is 12.8. The number of anilines is 1. The molecule has 3 N–H and O–H groups in total. The van der Waals surface area contributed by atoms with Crippen molar-refractivity contribution in [1.29, 1.82) is 0 Å². The Balaban J connectivity index is 1.73. The third-order valence-corrected chi connectivity index (χ3v) is 4.03. The Morgan fingerprint density at radius 3 is 2.91 bits per heavy atom. The van der Waals surface area contributed by atoms with Crippen LogP contribution in [0.2, 0.25) is 0 Å². The maximum absolute atomic E-state index is 12.0. The molecule has 0 saturated carbocycles. The van der Waals surface area contributed by atoms with Crippen molar-refractivity contribution >= 4 is 23.1 Å². The number of H-pyrrole nitrogens is 2. The van der Waals surface area contributed by atoms with E-state index in [2.05, 4.69) is 20.4 Å². The molecule has 0 aliphatic rings. The predicted molar refractivity (Wildman–Crippen MR) is 84.6 cm³/mol. The van der Waals surface area contributed by atoms with Crippen molar-refractivity contribution in [3.63, 3.8) is 0 Å². The van der Waals surface area contributed by atoms with Gasteiger partial charge in [0.05, 0.1) is 11.3 Å². The van der Waals surface area contributed by atoms with Gasteiger partial charge in [-0.1, -0.05) is 11.2 Å². The van der Waals surface area contributed by atoms with Crippen LogP contribution < -0.4 is 16.6 Å². The summed E-state index contributed by atoms with van der Waals surface area (Å²) < 4.78 is 5.06. The zero-order chi connectivity index (χ0) is 16.4. The third kappa shape index (κ3) is 3.29. The van der Waals surface area contributed by atoms with Crippen LogP contribution in [0, 0.1) is 6.92 Å². The quantitative estimate of drug-likeness (QED) is 0.664.